The van der Waals surface area contributed by atoms with Gasteiger partial charge in [-0.15, -0.1) is 0 Å². The third kappa shape index (κ3) is 1.55. The van der Waals surface area contributed by atoms with Crippen molar-refractivity contribution in [2.24, 2.45) is 0 Å². The lowest BCUT2D eigenvalue weighted by molar-refractivity contribution is 1.68. The maximum atomic E-state index is 3.74. The Morgan fingerprint density at radius 2 is 1.32 bits per heavy atom. The van der Waals surface area contributed by atoms with Gasteiger partial charge in [-0.1, -0.05) is 78.3 Å². The van der Waals surface area contributed by atoms with Crippen LogP contribution in [-0.2, 0) is 0 Å². The second kappa shape index (κ2) is 4.38. The molecule has 0 fully saturated rings. The standard InChI is InChI=1S/C20H14BN/c1-2-8-16(9-3-1)21-17-10-4-6-14-12-13-15-7-5-11-18(22-21)20(15)19(14)17/h1-13,22H. The smallest absolute Gasteiger partial charge is 0.321 e. The molecule has 0 radical (unpaired) electrons. The molecule has 0 spiro atoms. The minimum Gasteiger partial charge on any atom is -0.420 e. The van der Waals surface area contributed by atoms with Gasteiger partial charge in [0.05, 0.1) is 0 Å². The highest BCUT2D eigenvalue weighted by Gasteiger charge is 2.27. The normalized spacial score (nSPS) is 12.8. The van der Waals surface area contributed by atoms with E-state index < -0.39 is 0 Å². The molecule has 102 valence electrons. The predicted octanol–water partition coefficient (Wildman–Crippen LogP) is 3.52. The van der Waals surface area contributed by atoms with Crippen LogP contribution in [0, 0.1) is 0 Å². The van der Waals surface area contributed by atoms with Crippen LogP contribution < -0.4 is 16.2 Å². The first-order valence-corrected chi connectivity index (χ1v) is 7.68. The molecular weight excluding hydrogens is 265 g/mol. The number of rotatable bonds is 1. The molecule has 0 amide bonds. The first-order chi connectivity index (χ1) is 10.9. The van der Waals surface area contributed by atoms with E-state index in [-0.39, 0.29) is 6.85 Å². The third-order valence-electron chi connectivity index (χ3n) is 4.66. The van der Waals surface area contributed by atoms with Crippen molar-refractivity contribution in [3.63, 3.8) is 0 Å². The Kier molecular flexibility index (Phi) is 2.36. The van der Waals surface area contributed by atoms with Crippen LogP contribution in [0.4, 0.5) is 5.69 Å². The maximum Gasteiger partial charge on any atom is 0.321 e. The van der Waals surface area contributed by atoms with E-state index in [2.05, 4.69) is 84.1 Å². The van der Waals surface area contributed by atoms with Gasteiger partial charge in [0, 0.05) is 11.1 Å². The highest BCUT2D eigenvalue weighted by atomic mass is 14.8. The molecule has 0 saturated carbocycles. The van der Waals surface area contributed by atoms with E-state index in [4.69, 9.17) is 0 Å². The lowest BCUT2D eigenvalue weighted by atomic mass is 9.48. The Hall–Kier alpha value is -2.74. The summed E-state index contributed by atoms with van der Waals surface area (Å²) >= 11 is 0. The van der Waals surface area contributed by atoms with E-state index in [1.807, 2.05) is 0 Å². The minimum atomic E-state index is 0.213. The Bertz CT molecular complexity index is 1010. The molecular formula is C20H14BN. The van der Waals surface area contributed by atoms with Crippen molar-refractivity contribution in [1.82, 2.24) is 0 Å². The highest BCUT2D eigenvalue weighted by Crippen LogP contribution is 2.33. The molecule has 1 N–H and O–H groups in total. The van der Waals surface area contributed by atoms with Gasteiger partial charge in [0.2, 0.25) is 0 Å². The number of hydrogen-bond acceptors (Lipinski definition) is 1. The number of benzene rings is 4. The highest BCUT2D eigenvalue weighted by molar-refractivity contribution is 6.90. The summed E-state index contributed by atoms with van der Waals surface area (Å²) in [5.74, 6) is 0. The van der Waals surface area contributed by atoms with Crippen molar-refractivity contribution in [1.29, 1.82) is 0 Å². The molecule has 2 heteroatoms. The minimum absolute atomic E-state index is 0.213. The zero-order valence-electron chi connectivity index (χ0n) is 12.1. The number of anilines is 1. The molecule has 0 aromatic heterocycles. The summed E-state index contributed by atoms with van der Waals surface area (Å²) < 4.78 is 0. The van der Waals surface area contributed by atoms with Crippen LogP contribution in [0.15, 0.2) is 78.9 Å². The molecule has 22 heavy (non-hydrogen) atoms. The molecule has 1 heterocycles. The molecule has 4 aromatic rings. The summed E-state index contributed by atoms with van der Waals surface area (Å²) in [6, 6.07) is 28.3. The summed E-state index contributed by atoms with van der Waals surface area (Å²) in [7, 11) is 0. The topological polar surface area (TPSA) is 12.0 Å². The van der Waals surface area contributed by atoms with Crippen LogP contribution in [0.2, 0.25) is 0 Å². The maximum absolute atomic E-state index is 3.74. The van der Waals surface area contributed by atoms with Gasteiger partial charge in [-0.2, -0.15) is 0 Å². The van der Waals surface area contributed by atoms with Crippen molar-refractivity contribution in [3.8, 4) is 0 Å². The molecule has 0 bridgehead atoms. The van der Waals surface area contributed by atoms with Crippen LogP contribution in [0.5, 0.6) is 0 Å². The van der Waals surface area contributed by atoms with Crippen molar-refractivity contribution >= 4 is 45.0 Å². The van der Waals surface area contributed by atoms with Gasteiger partial charge < -0.3 is 5.23 Å². The summed E-state index contributed by atoms with van der Waals surface area (Å²) in [6.07, 6.45) is 0. The second-order valence-corrected chi connectivity index (χ2v) is 5.90. The zero-order valence-corrected chi connectivity index (χ0v) is 12.1. The molecule has 0 unspecified atom stereocenters. The first-order valence-electron chi connectivity index (χ1n) is 7.68. The van der Waals surface area contributed by atoms with Crippen molar-refractivity contribution in [2.45, 2.75) is 0 Å². The van der Waals surface area contributed by atoms with Crippen LogP contribution in [-0.4, -0.2) is 6.85 Å². The van der Waals surface area contributed by atoms with E-state index in [0.717, 1.165) is 0 Å². The molecule has 4 aromatic carbocycles. The lowest BCUT2D eigenvalue weighted by Gasteiger charge is -2.26. The van der Waals surface area contributed by atoms with Gasteiger partial charge in [0.15, 0.2) is 0 Å². The molecule has 1 nitrogen and oxygen atoms in total. The fraction of sp³-hybridized carbons (Fsp3) is 0. The summed E-state index contributed by atoms with van der Waals surface area (Å²) in [6.45, 7) is 0.213. The Morgan fingerprint density at radius 1 is 0.591 bits per heavy atom. The van der Waals surface area contributed by atoms with Gasteiger partial charge in [-0.05, 0) is 27.7 Å². The van der Waals surface area contributed by atoms with E-state index in [9.17, 15) is 0 Å². The molecule has 1 aliphatic heterocycles. The van der Waals surface area contributed by atoms with Crippen molar-refractivity contribution in [2.75, 3.05) is 5.23 Å². The van der Waals surface area contributed by atoms with Gasteiger partial charge in [0.1, 0.15) is 0 Å². The molecule has 0 saturated heterocycles. The van der Waals surface area contributed by atoms with Crippen LogP contribution >= 0.6 is 0 Å². The second-order valence-electron chi connectivity index (χ2n) is 5.90. The predicted molar refractivity (Wildman–Crippen MR) is 96.5 cm³/mol. The van der Waals surface area contributed by atoms with Crippen LogP contribution in [0.1, 0.15) is 0 Å². The monoisotopic (exact) mass is 279 g/mol. The van der Waals surface area contributed by atoms with Gasteiger partial charge in [0.25, 0.3) is 0 Å². The van der Waals surface area contributed by atoms with Gasteiger partial charge in [-0.3, -0.25) is 0 Å². The van der Waals surface area contributed by atoms with E-state index in [0.29, 0.717) is 0 Å². The van der Waals surface area contributed by atoms with E-state index in [1.165, 1.54) is 38.2 Å². The van der Waals surface area contributed by atoms with Crippen molar-refractivity contribution < 1.29 is 0 Å². The molecule has 0 atom stereocenters. The fourth-order valence-corrected chi connectivity index (χ4v) is 3.69. The van der Waals surface area contributed by atoms with Crippen molar-refractivity contribution in [3.05, 3.63) is 78.9 Å². The summed E-state index contributed by atoms with van der Waals surface area (Å²) in [5, 5.41) is 9.10. The average molecular weight is 279 g/mol. The lowest BCUT2D eigenvalue weighted by Crippen LogP contribution is -2.50. The largest absolute Gasteiger partial charge is 0.420 e. The van der Waals surface area contributed by atoms with Crippen LogP contribution in [0.25, 0.3) is 21.5 Å². The molecule has 0 aliphatic carbocycles. The number of nitrogens with one attached hydrogen (secondary N) is 1. The third-order valence-corrected chi connectivity index (χ3v) is 4.66. The van der Waals surface area contributed by atoms with Gasteiger partial charge in [-0.25, -0.2) is 0 Å². The Balaban J connectivity index is 1.92. The average Bonchev–Trinajstić information content (AvgIpc) is 2.60. The van der Waals surface area contributed by atoms with Gasteiger partial charge >= 0.3 is 6.85 Å². The van der Waals surface area contributed by atoms with E-state index >= 15 is 0 Å². The molecule has 5 rings (SSSR count). The first kappa shape index (κ1) is 11.9. The van der Waals surface area contributed by atoms with Crippen LogP contribution in [0.3, 0.4) is 0 Å². The molecule has 1 aliphatic rings. The Morgan fingerprint density at radius 3 is 2.14 bits per heavy atom. The zero-order chi connectivity index (χ0) is 14.5. The number of hydrogen-bond donors (Lipinski definition) is 1. The fourth-order valence-electron chi connectivity index (χ4n) is 3.69. The summed E-state index contributed by atoms with van der Waals surface area (Å²) in [5.41, 5.74) is 3.91. The summed E-state index contributed by atoms with van der Waals surface area (Å²) in [4.78, 5) is 0. The van der Waals surface area contributed by atoms with E-state index in [1.54, 1.807) is 0 Å². The quantitative estimate of drug-likeness (QED) is 0.415. The SMILES string of the molecule is c1ccc(B2Nc3cccc4ccc5cccc2c5c34)cc1. The Labute approximate surface area is 129 Å².